The molecule has 3 aromatic heterocycles. The third kappa shape index (κ3) is 5.43. The van der Waals surface area contributed by atoms with Gasteiger partial charge in [0.25, 0.3) is 0 Å². The van der Waals surface area contributed by atoms with E-state index in [0.717, 1.165) is 12.3 Å². The summed E-state index contributed by atoms with van der Waals surface area (Å²) in [6.07, 6.45) is 2.42. The number of nitrogens with zero attached hydrogens (tertiary/aromatic N) is 6. The molecule has 2 amide bonds. The number of halogens is 2. The van der Waals surface area contributed by atoms with E-state index < -0.39 is 29.6 Å². The van der Waals surface area contributed by atoms with E-state index in [1.165, 1.54) is 31.0 Å². The maximum absolute atomic E-state index is 13.9. The number of methoxy groups -OCH3 is 1. The second kappa shape index (κ2) is 10.7. The molecular weight excluding hydrogens is 504 g/mol. The molecule has 0 aliphatic heterocycles. The molecular formula is C23H27F2N9O4. The summed E-state index contributed by atoms with van der Waals surface area (Å²) in [5.74, 6) is -1.97. The Balaban J connectivity index is 1.40. The van der Waals surface area contributed by atoms with Gasteiger partial charge in [-0.3, -0.25) is 10.1 Å². The van der Waals surface area contributed by atoms with Crippen molar-refractivity contribution in [2.45, 2.75) is 44.4 Å². The number of nitrogens with one attached hydrogen (secondary N) is 2. The number of pyridine rings is 1. The van der Waals surface area contributed by atoms with Crippen LogP contribution in [0.15, 0.2) is 24.7 Å². The molecule has 202 valence electrons. The zero-order valence-electron chi connectivity index (χ0n) is 21.1. The Morgan fingerprint density at radius 2 is 1.84 bits per heavy atom. The number of anilines is 2. The third-order valence-corrected chi connectivity index (χ3v) is 6.52. The maximum Gasteiger partial charge on any atom is 0.413 e. The van der Waals surface area contributed by atoms with Crippen LogP contribution < -0.4 is 16.4 Å². The Labute approximate surface area is 216 Å². The number of hydrogen-bond donors (Lipinski definition) is 3. The number of aromatic nitrogens is 6. The minimum atomic E-state index is -1.14. The normalized spacial score (nSPS) is 20.2. The monoisotopic (exact) mass is 531 g/mol. The van der Waals surface area contributed by atoms with E-state index >= 15 is 0 Å². The number of aryl methyl sites for hydroxylation is 1. The number of carbonyl (C=O) groups is 2. The molecule has 1 saturated carbocycles. The van der Waals surface area contributed by atoms with Crippen LogP contribution in [0.3, 0.4) is 0 Å². The van der Waals surface area contributed by atoms with Crippen molar-refractivity contribution in [2.24, 2.45) is 18.7 Å². The van der Waals surface area contributed by atoms with Crippen LogP contribution in [0.5, 0.6) is 0 Å². The molecule has 1 aliphatic rings. The highest BCUT2D eigenvalue weighted by Gasteiger charge is 2.50. The van der Waals surface area contributed by atoms with Gasteiger partial charge in [-0.1, -0.05) is 5.21 Å². The second-order valence-electron chi connectivity index (χ2n) is 9.06. The molecule has 1 fully saturated rings. The Kier molecular flexibility index (Phi) is 7.59. The Hall–Kier alpha value is -4.11. The van der Waals surface area contributed by atoms with Crippen molar-refractivity contribution in [3.63, 3.8) is 0 Å². The van der Waals surface area contributed by atoms with Gasteiger partial charge in [0.15, 0.2) is 17.3 Å². The van der Waals surface area contributed by atoms with E-state index in [2.05, 4.69) is 35.9 Å². The van der Waals surface area contributed by atoms with Crippen LogP contribution >= 0.6 is 0 Å². The summed E-state index contributed by atoms with van der Waals surface area (Å²) in [7, 11) is 3.10. The highest BCUT2D eigenvalue weighted by atomic mass is 19.1. The first-order valence-electron chi connectivity index (χ1n) is 11.6. The van der Waals surface area contributed by atoms with Gasteiger partial charge in [0, 0.05) is 26.1 Å². The summed E-state index contributed by atoms with van der Waals surface area (Å²) in [6, 6.07) is 0.692. The summed E-state index contributed by atoms with van der Waals surface area (Å²) in [6.45, 7) is 3.22. The second-order valence-corrected chi connectivity index (χ2v) is 9.06. The van der Waals surface area contributed by atoms with Gasteiger partial charge in [0.2, 0.25) is 11.9 Å². The number of ether oxygens (including phenoxy) is 2. The first-order chi connectivity index (χ1) is 18.0. The predicted molar refractivity (Wildman–Crippen MR) is 129 cm³/mol. The zero-order chi connectivity index (χ0) is 27.6. The van der Waals surface area contributed by atoms with E-state index in [1.807, 2.05) is 6.92 Å². The van der Waals surface area contributed by atoms with Crippen LogP contribution in [0.1, 0.15) is 38.4 Å². The van der Waals surface area contributed by atoms with Gasteiger partial charge in [-0.05, 0) is 32.8 Å². The molecule has 1 aliphatic carbocycles. The molecule has 0 aromatic carbocycles. The molecule has 38 heavy (non-hydrogen) atoms. The van der Waals surface area contributed by atoms with Crippen LogP contribution in [0.2, 0.25) is 0 Å². The van der Waals surface area contributed by atoms with Crippen molar-refractivity contribution in [1.29, 1.82) is 0 Å². The van der Waals surface area contributed by atoms with Gasteiger partial charge in [-0.25, -0.2) is 28.8 Å². The first kappa shape index (κ1) is 26.9. The van der Waals surface area contributed by atoms with E-state index in [9.17, 15) is 18.4 Å². The van der Waals surface area contributed by atoms with Crippen LogP contribution in [0.25, 0.3) is 11.5 Å². The topological polar surface area (TPSA) is 172 Å². The molecule has 0 saturated heterocycles. The lowest BCUT2D eigenvalue weighted by molar-refractivity contribution is -0.146. The molecule has 13 nitrogen and oxygen atoms in total. The third-order valence-electron chi connectivity index (χ3n) is 6.52. The zero-order valence-corrected chi connectivity index (χ0v) is 21.1. The average Bonchev–Trinajstić information content (AvgIpc) is 3.20. The molecule has 0 radical (unpaired) electrons. The standard InChI is InChI=1S/C23H27F2N9O4/c1-11(16-5-14(24)8-27-18(16)25)38-22(36)31-20-17(32-33-34(20)3)19-28-9-15(10-29-19)30-21(35)13-6-23(7-13,37-4)12(2)26/h5,8-13H,6-7,26H2,1-4H3,(H,30,35)(H,31,36)/t11-,12?,13?,23?/m1/s1. The molecule has 3 aromatic rings. The first-order valence-corrected chi connectivity index (χ1v) is 11.6. The van der Waals surface area contributed by atoms with Crippen molar-refractivity contribution in [3.8, 4) is 11.5 Å². The van der Waals surface area contributed by atoms with Gasteiger partial charge >= 0.3 is 6.09 Å². The lowest BCUT2D eigenvalue weighted by Gasteiger charge is -2.48. The molecule has 15 heteroatoms. The molecule has 0 spiro atoms. The van der Waals surface area contributed by atoms with Gasteiger partial charge < -0.3 is 20.5 Å². The van der Waals surface area contributed by atoms with E-state index in [-0.39, 0.29) is 40.8 Å². The minimum Gasteiger partial charge on any atom is -0.441 e. The fraction of sp³-hybridized carbons (Fsp3) is 0.435. The van der Waals surface area contributed by atoms with Crippen molar-refractivity contribution in [3.05, 3.63) is 42.0 Å². The number of nitrogens with two attached hydrogens (primary N) is 1. The lowest BCUT2D eigenvalue weighted by Crippen LogP contribution is -2.59. The molecule has 2 atom stereocenters. The Morgan fingerprint density at radius 1 is 1.16 bits per heavy atom. The fourth-order valence-electron chi connectivity index (χ4n) is 4.16. The summed E-state index contributed by atoms with van der Waals surface area (Å²) in [5, 5.41) is 13.1. The number of hydrogen-bond acceptors (Lipinski definition) is 10. The molecule has 3 heterocycles. The minimum absolute atomic E-state index is 0.0955. The Bertz CT molecular complexity index is 1330. The van der Waals surface area contributed by atoms with Gasteiger partial charge in [-0.15, -0.1) is 5.10 Å². The van der Waals surface area contributed by atoms with Crippen LogP contribution in [0, 0.1) is 17.7 Å². The van der Waals surface area contributed by atoms with Crippen molar-refractivity contribution >= 4 is 23.5 Å². The van der Waals surface area contributed by atoms with Crippen LogP contribution in [-0.4, -0.2) is 60.7 Å². The molecule has 1 unspecified atom stereocenters. The van der Waals surface area contributed by atoms with Gasteiger partial charge in [0.1, 0.15) is 11.9 Å². The van der Waals surface area contributed by atoms with Crippen molar-refractivity contribution in [2.75, 3.05) is 17.7 Å². The molecule has 0 bridgehead atoms. The van der Waals surface area contributed by atoms with E-state index in [0.29, 0.717) is 18.5 Å². The Morgan fingerprint density at radius 3 is 2.47 bits per heavy atom. The summed E-state index contributed by atoms with van der Waals surface area (Å²) in [5.41, 5.74) is 5.74. The quantitative estimate of drug-likeness (QED) is 0.366. The molecule has 4 N–H and O–H groups in total. The number of carbonyl (C=O) groups excluding carboxylic acids is 2. The number of rotatable bonds is 8. The summed E-state index contributed by atoms with van der Waals surface area (Å²) < 4.78 is 39.2. The van der Waals surface area contributed by atoms with E-state index in [1.54, 1.807) is 7.11 Å². The highest BCUT2D eigenvalue weighted by molar-refractivity contribution is 5.93. The molecule has 4 rings (SSSR count). The van der Waals surface area contributed by atoms with Crippen LogP contribution in [-0.2, 0) is 21.3 Å². The van der Waals surface area contributed by atoms with Crippen molar-refractivity contribution in [1.82, 2.24) is 29.9 Å². The van der Waals surface area contributed by atoms with Gasteiger partial charge in [-0.2, -0.15) is 4.39 Å². The fourth-order valence-corrected chi connectivity index (χ4v) is 4.16. The van der Waals surface area contributed by atoms with Crippen LogP contribution in [0.4, 0.5) is 25.1 Å². The smallest absolute Gasteiger partial charge is 0.413 e. The van der Waals surface area contributed by atoms with E-state index in [4.69, 9.17) is 15.2 Å². The summed E-state index contributed by atoms with van der Waals surface area (Å²) >= 11 is 0. The average molecular weight is 532 g/mol. The summed E-state index contributed by atoms with van der Waals surface area (Å²) in [4.78, 5) is 36.8. The predicted octanol–water partition coefficient (Wildman–Crippen LogP) is 2.34. The maximum atomic E-state index is 13.9. The SMILES string of the molecule is COC1(C(C)N)CC(C(=O)Nc2cnc(-c3nnn(C)c3NC(=O)O[C@H](C)c3cc(F)cnc3F)nc2)C1. The highest BCUT2D eigenvalue weighted by Crippen LogP contribution is 2.43. The number of amides is 2. The lowest BCUT2D eigenvalue weighted by atomic mass is 9.67. The van der Waals surface area contributed by atoms with Crippen molar-refractivity contribution < 1.29 is 27.8 Å². The van der Waals surface area contributed by atoms with Gasteiger partial charge in [0.05, 0.1) is 35.4 Å². The largest absolute Gasteiger partial charge is 0.441 e.